The summed E-state index contributed by atoms with van der Waals surface area (Å²) in [6.45, 7) is 23.0. The summed E-state index contributed by atoms with van der Waals surface area (Å²) in [6, 6.07) is 68.3. The SMILES string of the molecule is [C-]#[N+]c1cc(-c2ccc(-n3c4ccccc4c4cc(C)ccc43)c(C#N)c2-n2c3ccccc3c3cc(C)ccc32)cc(C(F)(F)F)c1.[C-]#[N+]c1cc(-c2ccc(-n3c4ccccc4c4cc(C)ccc43)c(C(F)(F)F)c2-n2c3ccccc3c3cc(C)ccc32)cc(C(F)(F)F)c1. The van der Waals surface area contributed by atoms with Crippen LogP contribution in [-0.2, 0) is 18.5 Å². The number of fused-ring (bicyclic) bond motifs is 12. The average Bonchev–Trinajstić information content (AvgIpc) is 1.51. The molecule has 0 aliphatic heterocycles. The van der Waals surface area contributed by atoms with Gasteiger partial charge in [0.25, 0.3) is 0 Å². The summed E-state index contributed by atoms with van der Waals surface area (Å²) in [5.74, 6) is 0. The fraction of sp³-hybridized carbons (Fsp3) is 0.0854. The van der Waals surface area contributed by atoms with Gasteiger partial charge in [-0.05, 0) is 160 Å². The maximum absolute atomic E-state index is 16.1. The van der Waals surface area contributed by atoms with Crippen molar-refractivity contribution in [3.63, 3.8) is 0 Å². The van der Waals surface area contributed by atoms with Gasteiger partial charge in [-0.3, -0.25) is 0 Å². The third-order valence-corrected chi connectivity index (χ3v) is 18.3. The Balaban J connectivity index is 0.000000160. The molecular weight excluding hydrogens is 1250 g/mol. The van der Waals surface area contributed by atoms with Crippen LogP contribution in [-0.4, -0.2) is 18.3 Å². The predicted octanol–water partition coefficient (Wildman–Crippen LogP) is 24.4. The first-order valence-electron chi connectivity index (χ1n) is 31.0. The second-order valence-electron chi connectivity index (χ2n) is 24.6. The zero-order valence-corrected chi connectivity index (χ0v) is 52.5. The molecule has 7 nitrogen and oxygen atoms in total. The lowest BCUT2D eigenvalue weighted by Crippen LogP contribution is -2.17. The number of nitriles is 1. The van der Waals surface area contributed by atoms with E-state index in [1.165, 1.54) is 28.8 Å². The van der Waals surface area contributed by atoms with Crippen LogP contribution in [0.25, 0.3) is 142 Å². The van der Waals surface area contributed by atoms with Crippen molar-refractivity contribution in [3.05, 3.63) is 298 Å². The molecule has 476 valence electrons. The smallest absolute Gasteiger partial charge is 0.309 e. The van der Waals surface area contributed by atoms with E-state index < -0.39 is 35.2 Å². The molecule has 0 amide bonds. The molecule has 4 heterocycles. The van der Waals surface area contributed by atoms with Gasteiger partial charge in [-0.2, -0.15) is 44.8 Å². The number of benzene rings is 12. The normalized spacial score (nSPS) is 12.1. The highest BCUT2D eigenvalue weighted by Crippen LogP contribution is 2.50. The zero-order chi connectivity index (χ0) is 68.4. The minimum Gasteiger partial charge on any atom is -0.309 e. The van der Waals surface area contributed by atoms with Crippen LogP contribution in [0.1, 0.15) is 44.5 Å². The van der Waals surface area contributed by atoms with Gasteiger partial charge >= 0.3 is 18.5 Å². The van der Waals surface area contributed by atoms with Crippen LogP contribution in [0.5, 0.6) is 0 Å². The lowest BCUT2D eigenvalue weighted by molar-refractivity contribution is -0.138. The van der Waals surface area contributed by atoms with E-state index in [4.69, 9.17) is 13.1 Å². The second-order valence-corrected chi connectivity index (χ2v) is 24.6. The number of alkyl halides is 9. The molecule has 0 aliphatic carbocycles. The highest BCUT2D eigenvalue weighted by molar-refractivity contribution is 6.14. The number of hydrogen-bond donors (Lipinski definition) is 0. The van der Waals surface area contributed by atoms with E-state index in [-0.39, 0.29) is 39.4 Å². The van der Waals surface area contributed by atoms with Gasteiger partial charge in [0.1, 0.15) is 17.2 Å². The third kappa shape index (κ3) is 10.1. The summed E-state index contributed by atoms with van der Waals surface area (Å²) in [5.41, 5.74) is 7.04. The number of nitrogens with zero attached hydrogens (tertiary/aromatic N) is 7. The summed E-state index contributed by atoms with van der Waals surface area (Å²) in [6.07, 6.45) is -14.5. The van der Waals surface area contributed by atoms with Crippen molar-refractivity contribution in [1.82, 2.24) is 18.3 Å². The molecule has 98 heavy (non-hydrogen) atoms. The van der Waals surface area contributed by atoms with Crippen molar-refractivity contribution in [3.8, 4) is 51.1 Å². The summed E-state index contributed by atoms with van der Waals surface area (Å²) in [7, 11) is 0. The molecule has 0 saturated carbocycles. The number of para-hydroxylation sites is 4. The number of rotatable bonds is 6. The average molecular weight is 1300 g/mol. The third-order valence-electron chi connectivity index (χ3n) is 18.3. The van der Waals surface area contributed by atoms with E-state index in [2.05, 4.69) is 38.5 Å². The summed E-state index contributed by atoms with van der Waals surface area (Å²) >= 11 is 0. The molecule has 16 rings (SSSR count). The molecule has 12 aromatic carbocycles. The summed E-state index contributed by atoms with van der Waals surface area (Å²) in [5, 5.41) is 18.0. The predicted molar refractivity (Wildman–Crippen MR) is 372 cm³/mol. The van der Waals surface area contributed by atoms with Gasteiger partial charge in [-0.1, -0.05) is 131 Å². The van der Waals surface area contributed by atoms with Gasteiger partial charge < -0.3 is 18.3 Å². The molecule has 4 aromatic heterocycles. The molecule has 0 aliphatic rings. The lowest BCUT2D eigenvalue weighted by Gasteiger charge is -2.25. The molecule has 0 unspecified atom stereocenters. The first-order valence-corrected chi connectivity index (χ1v) is 31.0. The fourth-order valence-corrected chi connectivity index (χ4v) is 14.2. The van der Waals surface area contributed by atoms with Gasteiger partial charge in [0.15, 0.2) is 11.4 Å². The largest absolute Gasteiger partial charge is 0.420 e. The topological polar surface area (TPSA) is 52.2 Å². The Morgan fingerprint density at radius 1 is 0.327 bits per heavy atom. The molecule has 0 spiro atoms. The number of halogens is 9. The van der Waals surface area contributed by atoms with Crippen molar-refractivity contribution in [2.75, 3.05) is 0 Å². The summed E-state index contributed by atoms with van der Waals surface area (Å²) < 4.78 is 140. The minimum atomic E-state index is -4.99. The maximum atomic E-state index is 16.1. The fourth-order valence-electron chi connectivity index (χ4n) is 14.2. The summed E-state index contributed by atoms with van der Waals surface area (Å²) in [4.78, 5) is 6.64. The van der Waals surface area contributed by atoms with E-state index in [1.54, 1.807) is 65.2 Å². The van der Waals surface area contributed by atoms with E-state index in [9.17, 15) is 31.6 Å². The molecular formula is C82H50F9N7. The van der Waals surface area contributed by atoms with Gasteiger partial charge in [-0.25, -0.2) is 9.69 Å². The van der Waals surface area contributed by atoms with Crippen molar-refractivity contribution < 1.29 is 39.5 Å². The quantitative estimate of drug-likeness (QED) is 0.121. The Kier molecular flexibility index (Phi) is 14.5. The Bertz CT molecular complexity index is 6190. The molecule has 16 heteroatoms. The minimum absolute atomic E-state index is 0.100. The molecule has 0 bridgehead atoms. The van der Waals surface area contributed by atoms with E-state index in [1.807, 2.05) is 135 Å². The standard InChI is InChI=1S/C41H25F6N3.C41H25F3N4/c1-23-12-15-35-31(18-23)29-8-4-6-10-33(29)49(35)37-17-14-28(25-20-26(40(42,43)44)22-27(21-25)48-3)39(38(37)41(45,46)47)50-34-11-7-5-9-30(34)32-19-24(2)13-16-36(32)50;1-24-12-15-37-32(18-24)30-8-4-6-10-35(30)47(37)39-17-14-29(26-20-27(41(42,43)44)22-28(21-26)46-3)40(34(39)23-45)48-36-11-7-5-9-31(36)33-19-25(2)13-16-38(33)48/h4-22H,1-2H3;4-22H,1-2H3. The van der Waals surface area contributed by atoms with Crippen molar-refractivity contribution in [2.45, 2.75) is 46.2 Å². The maximum Gasteiger partial charge on any atom is 0.420 e. The van der Waals surface area contributed by atoms with Gasteiger partial charge in [0, 0.05) is 65.3 Å². The van der Waals surface area contributed by atoms with Crippen LogP contribution in [0.3, 0.4) is 0 Å². The number of hydrogen-bond acceptors (Lipinski definition) is 1. The lowest BCUT2D eigenvalue weighted by atomic mass is 9.95. The van der Waals surface area contributed by atoms with E-state index in [0.717, 1.165) is 94.8 Å². The van der Waals surface area contributed by atoms with E-state index in [0.29, 0.717) is 61.4 Å². The zero-order valence-electron chi connectivity index (χ0n) is 52.5. The first kappa shape index (κ1) is 61.8. The molecule has 0 fully saturated rings. The Morgan fingerprint density at radius 3 is 1.00 bits per heavy atom. The second kappa shape index (κ2) is 23.0. The van der Waals surface area contributed by atoms with Crippen LogP contribution in [0, 0.1) is 52.2 Å². The Hall–Kier alpha value is -12.3. The van der Waals surface area contributed by atoms with Crippen LogP contribution in [0.2, 0.25) is 0 Å². The molecule has 0 atom stereocenters. The first-order chi connectivity index (χ1) is 47.0. The Morgan fingerprint density at radius 2 is 0.643 bits per heavy atom. The highest BCUT2D eigenvalue weighted by atomic mass is 19.4. The highest BCUT2D eigenvalue weighted by Gasteiger charge is 2.41. The Labute approximate surface area is 554 Å². The van der Waals surface area contributed by atoms with Gasteiger partial charge in [0.05, 0.1) is 80.0 Å². The van der Waals surface area contributed by atoms with E-state index >= 15 is 13.2 Å². The van der Waals surface area contributed by atoms with Crippen LogP contribution in [0.4, 0.5) is 50.9 Å². The van der Waals surface area contributed by atoms with Crippen LogP contribution < -0.4 is 0 Å². The molecule has 0 N–H and O–H groups in total. The van der Waals surface area contributed by atoms with Crippen LogP contribution >= 0.6 is 0 Å². The number of aromatic nitrogens is 4. The van der Waals surface area contributed by atoms with Crippen molar-refractivity contribution in [2.24, 2.45) is 0 Å². The monoisotopic (exact) mass is 1300 g/mol. The van der Waals surface area contributed by atoms with Gasteiger partial charge in [-0.15, -0.1) is 0 Å². The van der Waals surface area contributed by atoms with Gasteiger partial charge in [0.2, 0.25) is 0 Å². The van der Waals surface area contributed by atoms with Crippen molar-refractivity contribution >= 4 is 98.6 Å². The van der Waals surface area contributed by atoms with Crippen LogP contribution in [0.15, 0.2) is 231 Å². The molecule has 0 saturated heterocycles. The molecule has 16 aromatic rings. The van der Waals surface area contributed by atoms with Crippen molar-refractivity contribution in [1.29, 1.82) is 5.26 Å². The number of aryl methyl sites for hydroxylation is 4. The molecule has 0 radical (unpaired) electrons.